The quantitative estimate of drug-likeness (QED) is 0.440. The molecule has 0 bridgehead atoms. The van der Waals surface area contributed by atoms with E-state index in [1.54, 1.807) is 11.3 Å². The van der Waals surface area contributed by atoms with Gasteiger partial charge in [-0.25, -0.2) is 0 Å². The molecule has 0 atom stereocenters. The van der Waals surface area contributed by atoms with Gasteiger partial charge in [-0.3, -0.25) is 14.7 Å². The monoisotopic (exact) mass is 465 g/mol. The lowest BCUT2D eigenvalue weighted by atomic mass is 10.0. The Hall–Kier alpha value is -2.21. The van der Waals surface area contributed by atoms with Crippen molar-refractivity contribution in [2.24, 2.45) is 0 Å². The van der Waals surface area contributed by atoms with Crippen LogP contribution in [0.1, 0.15) is 48.0 Å². The number of carbonyl (C=O) groups is 1. The molecule has 3 aromatic rings. The van der Waals surface area contributed by atoms with Gasteiger partial charge in [-0.2, -0.15) is 0 Å². The second-order valence-electron chi connectivity index (χ2n) is 8.76. The first-order chi connectivity index (χ1) is 15.7. The fourth-order valence-electron chi connectivity index (χ4n) is 4.76. The number of likely N-dealkylation sites (tertiary alicyclic amines) is 2. The maximum atomic E-state index is 12.8. The van der Waals surface area contributed by atoms with E-state index in [1.807, 2.05) is 35.5 Å². The Morgan fingerprint density at radius 3 is 2.53 bits per heavy atom. The average Bonchev–Trinajstić information content (AvgIpc) is 3.52. The number of amides is 1. The van der Waals surface area contributed by atoms with Crippen LogP contribution in [0.4, 0.5) is 0 Å². The minimum Gasteiger partial charge on any atom is -0.339 e. The van der Waals surface area contributed by atoms with Gasteiger partial charge in [-0.15, -0.1) is 11.3 Å². The number of aromatic nitrogens is 1. The summed E-state index contributed by atoms with van der Waals surface area (Å²) in [5.41, 5.74) is 5.26. The molecule has 1 aromatic carbocycles. The Labute approximate surface area is 198 Å². The molecule has 0 saturated carbocycles. The van der Waals surface area contributed by atoms with Gasteiger partial charge in [0, 0.05) is 53.1 Å². The first-order valence-corrected chi connectivity index (χ1v) is 12.8. The lowest BCUT2D eigenvalue weighted by Crippen LogP contribution is -2.35. The number of nitrogens with zero attached hydrogens (tertiary/aromatic N) is 3. The second-order valence-corrected chi connectivity index (χ2v) is 10.1. The molecule has 0 unspecified atom stereocenters. The third-order valence-corrected chi connectivity index (χ3v) is 7.81. The van der Waals surface area contributed by atoms with Crippen LogP contribution < -0.4 is 0 Å². The van der Waals surface area contributed by atoms with Gasteiger partial charge in [-0.1, -0.05) is 17.7 Å². The van der Waals surface area contributed by atoms with E-state index in [4.69, 9.17) is 11.6 Å². The fourth-order valence-corrected chi connectivity index (χ4v) is 6.02. The van der Waals surface area contributed by atoms with E-state index >= 15 is 0 Å². The molecule has 1 amide bonds. The second kappa shape index (κ2) is 9.74. The summed E-state index contributed by atoms with van der Waals surface area (Å²) in [5, 5.41) is 2.78. The van der Waals surface area contributed by atoms with Crippen LogP contribution in [-0.2, 0) is 6.54 Å². The van der Waals surface area contributed by atoms with Crippen LogP contribution in [0.5, 0.6) is 0 Å². The topological polar surface area (TPSA) is 36.4 Å². The zero-order valence-corrected chi connectivity index (χ0v) is 19.8. The van der Waals surface area contributed by atoms with Gasteiger partial charge in [0.2, 0.25) is 0 Å². The standard InChI is InChI=1S/C26H28ClN3OS/c27-24-14-19(26(31)30-12-2-1-3-13-30)6-7-22(24)20-15-25(32-18-20)23-8-9-28-16-21(23)17-29-10-4-5-11-29/h6-9,14-16,18H,1-5,10-13,17H2. The third kappa shape index (κ3) is 4.61. The Morgan fingerprint density at radius 1 is 0.969 bits per heavy atom. The minimum absolute atomic E-state index is 0.0903. The van der Waals surface area contributed by atoms with Crippen LogP contribution >= 0.6 is 22.9 Å². The molecule has 6 heteroatoms. The minimum atomic E-state index is 0.0903. The zero-order chi connectivity index (χ0) is 21.9. The van der Waals surface area contributed by atoms with Gasteiger partial charge in [0.1, 0.15) is 0 Å². The molecule has 2 saturated heterocycles. The summed E-state index contributed by atoms with van der Waals surface area (Å²) in [6.45, 7) is 4.98. The summed E-state index contributed by atoms with van der Waals surface area (Å²) in [7, 11) is 0. The normalized spacial score (nSPS) is 17.1. The zero-order valence-electron chi connectivity index (χ0n) is 18.2. The highest BCUT2D eigenvalue weighted by molar-refractivity contribution is 7.14. The first-order valence-electron chi connectivity index (χ1n) is 11.5. The molecule has 5 rings (SSSR count). The summed E-state index contributed by atoms with van der Waals surface area (Å²) in [5.74, 6) is 0.0903. The van der Waals surface area contributed by atoms with E-state index in [0.717, 1.165) is 43.6 Å². The fraction of sp³-hybridized carbons (Fsp3) is 0.385. The van der Waals surface area contributed by atoms with Crippen molar-refractivity contribution in [3.8, 4) is 21.6 Å². The van der Waals surface area contributed by atoms with Gasteiger partial charge in [0.15, 0.2) is 0 Å². The van der Waals surface area contributed by atoms with E-state index in [9.17, 15) is 4.79 Å². The number of rotatable bonds is 5. The number of pyridine rings is 1. The van der Waals surface area contributed by atoms with Crippen LogP contribution in [0.2, 0.25) is 5.02 Å². The molecule has 4 nitrogen and oxygen atoms in total. The van der Waals surface area contributed by atoms with Gasteiger partial charge >= 0.3 is 0 Å². The van der Waals surface area contributed by atoms with Crippen molar-refractivity contribution in [2.75, 3.05) is 26.2 Å². The number of halogens is 1. The molecule has 2 aliphatic heterocycles. The Bertz CT molecular complexity index is 1100. The van der Waals surface area contributed by atoms with Crippen molar-refractivity contribution in [1.29, 1.82) is 0 Å². The van der Waals surface area contributed by atoms with Crippen LogP contribution in [0.25, 0.3) is 21.6 Å². The maximum absolute atomic E-state index is 12.8. The van der Waals surface area contributed by atoms with Crippen molar-refractivity contribution in [3.05, 3.63) is 64.3 Å². The number of benzene rings is 1. The van der Waals surface area contributed by atoms with Crippen molar-refractivity contribution in [3.63, 3.8) is 0 Å². The van der Waals surface area contributed by atoms with E-state index < -0.39 is 0 Å². The van der Waals surface area contributed by atoms with E-state index in [2.05, 4.69) is 27.4 Å². The van der Waals surface area contributed by atoms with Crippen LogP contribution in [0.15, 0.2) is 48.1 Å². The Balaban J connectivity index is 1.37. The predicted octanol–water partition coefficient (Wildman–Crippen LogP) is 6.35. The molecule has 0 aliphatic carbocycles. The number of thiophene rings is 1. The highest BCUT2D eigenvalue weighted by Gasteiger charge is 2.20. The van der Waals surface area contributed by atoms with E-state index in [-0.39, 0.29) is 5.91 Å². The molecule has 2 aromatic heterocycles. The lowest BCUT2D eigenvalue weighted by Gasteiger charge is -2.26. The molecule has 0 radical (unpaired) electrons. The molecule has 32 heavy (non-hydrogen) atoms. The van der Waals surface area contributed by atoms with Crippen LogP contribution in [-0.4, -0.2) is 46.9 Å². The molecular weight excluding hydrogens is 438 g/mol. The van der Waals surface area contributed by atoms with E-state index in [0.29, 0.717) is 10.6 Å². The van der Waals surface area contributed by atoms with E-state index in [1.165, 1.54) is 48.4 Å². The first kappa shape index (κ1) is 21.6. The smallest absolute Gasteiger partial charge is 0.253 e. The van der Waals surface area contributed by atoms with Gasteiger partial charge in [0.25, 0.3) is 5.91 Å². The van der Waals surface area contributed by atoms with Gasteiger partial charge in [0.05, 0.1) is 0 Å². The predicted molar refractivity (Wildman–Crippen MR) is 132 cm³/mol. The van der Waals surface area contributed by atoms with Crippen molar-refractivity contribution in [1.82, 2.24) is 14.8 Å². The SMILES string of the molecule is O=C(c1ccc(-c2csc(-c3ccncc3CN3CCCC3)c2)c(Cl)c1)N1CCCCC1. The largest absolute Gasteiger partial charge is 0.339 e. The van der Waals surface area contributed by atoms with Crippen LogP contribution in [0.3, 0.4) is 0 Å². The molecule has 2 fully saturated rings. The molecule has 4 heterocycles. The summed E-state index contributed by atoms with van der Waals surface area (Å²) in [6, 6.07) is 10.1. The number of hydrogen-bond donors (Lipinski definition) is 0. The summed E-state index contributed by atoms with van der Waals surface area (Å²) in [4.78, 5) is 22.9. The number of hydrogen-bond acceptors (Lipinski definition) is 4. The summed E-state index contributed by atoms with van der Waals surface area (Å²) in [6.07, 6.45) is 9.83. The van der Waals surface area contributed by atoms with Crippen molar-refractivity contribution >= 4 is 28.8 Å². The average molecular weight is 466 g/mol. The maximum Gasteiger partial charge on any atom is 0.253 e. The Kier molecular flexibility index (Phi) is 6.58. The molecule has 0 spiro atoms. The van der Waals surface area contributed by atoms with Crippen molar-refractivity contribution < 1.29 is 4.79 Å². The lowest BCUT2D eigenvalue weighted by molar-refractivity contribution is 0.0724. The highest BCUT2D eigenvalue weighted by atomic mass is 35.5. The molecular formula is C26H28ClN3OS. The van der Waals surface area contributed by atoms with Crippen LogP contribution in [0, 0.1) is 0 Å². The molecule has 166 valence electrons. The Morgan fingerprint density at radius 2 is 1.75 bits per heavy atom. The summed E-state index contributed by atoms with van der Waals surface area (Å²) < 4.78 is 0. The number of piperidine rings is 1. The summed E-state index contributed by atoms with van der Waals surface area (Å²) >= 11 is 8.40. The number of carbonyl (C=O) groups excluding carboxylic acids is 1. The molecule has 0 N–H and O–H groups in total. The molecule has 2 aliphatic rings. The van der Waals surface area contributed by atoms with Crippen molar-refractivity contribution in [2.45, 2.75) is 38.6 Å². The highest BCUT2D eigenvalue weighted by Crippen LogP contribution is 2.37. The third-order valence-electron chi connectivity index (χ3n) is 6.53. The van der Waals surface area contributed by atoms with Gasteiger partial charge < -0.3 is 4.90 Å². The van der Waals surface area contributed by atoms with Gasteiger partial charge in [-0.05, 0) is 91.5 Å².